The highest BCUT2D eigenvalue weighted by molar-refractivity contribution is 6.07. The maximum absolute atomic E-state index is 13.2. The fourth-order valence-electron chi connectivity index (χ4n) is 4.54. The van der Waals surface area contributed by atoms with Crippen LogP contribution < -0.4 is 20.1 Å². The summed E-state index contributed by atoms with van der Waals surface area (Å²) >= 11 is 0. The second-order valence-electron chi connectivity index (χ2n) is 8.52. The summed E-state index contributed by atoms with van der Waals surface area (Å²) in [5.74, 6) is -0.287. The average molecular weight is 459 g/mol. The quantitative estimate of drug-likeness (QED) is 0.672. The van der Waals surface area contributed by atoms with Crippen LogP contribution in [0.5, 0.6) is 11.5 Å². The number of carbonyl (C=O) groups is 2. The van der Waals surface area contributed by atoms with E-state index in [-0.39, 0.29) is 18.3 Å². The Morgan fingerprint density at radius 2 is 2.03 bits per heavy atom. The van der Waals surface area contributed by atoms with Crippen LogP contribution in [0.25, 0.3) is 5.57 Å². The lowest BCUT2D eigenvalue weighted by molar-refractivity contribution is -0.138. The lowest BCUT2D eigenvalue weighted by atomic mass is 9.81. The highest BCUT2D eigenvalue weighted by Crippen LogP contribution is 2.46. The minimum atomic E-state index is -4.50. The van der Waals surface area contributed by atoms with E-state index in [0.29, 0.717) is 47.8 Å². The fraction of sp³-hybridized carbons (Fsp3) is 0.304. The predicted molar refractivity (Wildman–Crippen MR) is 114 cm³/mol. The normalized spacial score (nSPS) is 20.1. The molecule has 5 rings (SSSR count). The van der Waals surface area contributed by atoms with Gasteiger partial charge < -0.3 is 20.1 Å². The number of halogens is 3. The lowest BCUT2D eigenvalue weighted by Crippen LogP contribution is -2.64. The molecule has 0 unspecified atom stereocenters. The fourth-order valence-corrected chi connectivity index (χ4v) is 4.54. The molecule has 1 spiro atoms. The Morgan fingerprint density at radius 3 is 2.76 bits per heavy atom. The summed E-state index contributed by atoms with van der Waals surface area (Å²) in [4.78, 5) is 26.4. The third kappa shape index (κ3) is 4.02. The first-order valence-electron chi connectivity index (χ1n) is 10.3. The number of carbonyl (C=O) groups excluding carboxylic acids is 2. The van der Waals surface area contributed by atoms with Crippen LogP contribution in [0.2, 0.25) is 0 Å². The maximum Gasteiger partial charge on any atom is 0.416 e. The summed E-state index contributed by atoms with van der Waals surface area (Å²) in [6.07, 6.45) is -2.72. The van der Waals surface area contributed by atoms with Gasteiger partial charge in [0.1, 0.15) is 11.4 Å². The van der Waals surface area contributed by atoms with Gasteiger partial charge in [-0.05, 0) is 36.9 Å². The van der Waals surface area contributed by atoms with Gasteiger partial charge in [-0.15, -0.1) is 0 Å². The number of hydrogen-bond donors (Lipinski definition) is 2. The molecular formula is C23H20F3N3O4. The molecule has 2 N–H and O–H groups in total. The van der Waals surface area contributed by atoms with Crippen LogP contribution in [0.3, 0.4) is 0 Å². The van der Waals surface area contributed by atoms with E-state index in [1.807, 2.05) is 11.9 Å². The average Bonchev–Trinajstić information content (AvgIpc) is 2.71. The number of ether oxygens (including phenoxy) is 2. The van der Waals surface area contributed by atoms with Crippen molar-refractivity contribution < 1.29 is 32.2 Å². The van der Waals surface area contributed by atoms with Crippen LogP contribution in [0.1, 0.15) is 17.5 Å². The van der Waals surface area contributed by atoms with Crippen molar-refractivity contribution in [3.05, 3.63) is 53.6 Å². The molecule has 10 heteroatoms. The van der Waals surface area contributed by atoms with Gasteiger partial charge in [-0.25, -0.2) is 0 Å². The van der Waals surface area contributed by atoms with Gasteiger partial charge in [-0.1, -0.05) is 12.1 Å². The maximum atomic E-state index is 13.2. The molecule has 2 aromatic rings. The number of nitrogens with zero attached hydrogens (tertiary/aromatic N) is 1. The molecule has 172 valence electrons. The summed E-state index contributed by atoms with van der Waals surface area (Å²) in [5.41, 5.74) is 0.407. The van der Waals surface area contributed by atoms with Gasteiger partial charge in [-0.2, -0.15) is 13.2 Å². The number of para-hydroxylation sites is 1. The molecule has 3 heterocycles. The largest absolute Gasteiger partial charge is 0.484 e. The number of likely N-dealkylation sites (N-methyl/N-ethyl adjacent to an activating group) is 1. The van der Waals surface area contributed by atoms with E-state index >= 15 is 0 Å². The van der Waals surface area contributed by atoms with E-state index in [9.17, 15) is 22.8 Å². The smallest absolute Gasteiger partial charge is 0.416 e. The molecule has 0 saturated carbocycles. The van der Waals surface area contributed by atoms with E-state index in [1.54, 1.807) is 18.2 Å². The van der Waals surface area contributed by atoms with Crippen molar-refractivity contribution in [3.63, 3.8) is 0 Å². The number of amides is 2. The Kier molecular flexibility index (Phi) is 4.86. The van der Waals surface area contributed by atoms with E-state index in [1.165, 1.54) is 12.1 Å². The highest BCUT2D eigenvalue weighted by atomic mass is 19.4. The lowest BCUT2D eigenvalue weighted by Gasteiger charge is -2.51. The molecular weight excluding hydrogens is 439 g/mol. The van der Waals surface area contributed by atoms with Crippen molar-refractivity contribution in [1.82, 2.24) is 4.90 Å². The molecule has 0 aliphatic carbocycles. The molecule has 0 aromatic heterocycles. The summed E-state index contributed by atoms with van der Waals surface area (Å²) in [6.45, 7) is 0.923. The van der Waals surface area contributed by atoms with Crippen molar-refractivity contribution in [2.75, 3.05) is 37.4 Å². The van der Waals surface area contributed by atoms with E-state index in [2.05, 4.69) is 10.6 Å². The third-order valence-corrected chi connectivity index (χ3v) is 5.81. The monoisotopic (exact) mass is 459 g/mol. The number of fused-ring (bicyclic) bond motifs is 2. The Balaban J connectivity index is 1.46. The van der Waals surface area contributed by atoms with Crippen LogP contribution in [0, 0.1) is 0 Å². The van der Waals surface area contributed by atoms with Crippen LogP contribution in [0.4, 0.5) is 24.5 Å². The number of alkyl halides is 3. The van der Waals surface area contributed by atoms with Crippen LogP contribution in [-0.4, -0.2) is 49.1 Å². The van der Waals surface area contributed by atoms with Crippen LogP contribution in [0.15, 0.2) is 42.5 Å². The first-order valence-corrected chi connectivity index (χ1v) is 10.3. The van der Waals surface area contributed by atoms with Crippen molar-refractivity contribution >= 4 is 28.8 Å². The third-order valence-electron chi connectivity index (χ3n) is 5.81. The van der Waals surface area contributed by atoms with Crippen LogP contribution >= 0.6 is 0 Å². The van der Waals surface area contributed by atoms with Gasteiger partial charge in [0.2, 0.25) is 5.91 Å². The highest BCUT2D eigenvalue weighted by Gasteiger charge is 2.47. The van der Waals surface area contributed by atoms with Gasteiger partial charge in [-0.3, -0.25) is 14.5 Å². The molecule has 33 heavy (non-hydrogen) atoms. The Labute approximate surface area is 187 Å². The van der Waals surface area contributed by atoms with Gasteiger partial charge >= 0.3 is 6.18 Å². The van der Waals surface area contributed by atoms with E-state index < -0.39 is 23.2 Å². The Hall–Kier alpha value is -3.53. The van der Waals surface area contributed by atoms with E-state index in [0.717, 1.165) is 12.1 Å². The van der Waals surface area contributed by atoms with Crippen molar-refractivity contribution in [2.45, 2.75) is 18.2 Å². The van der Waals surface area contributed by atoms with Gasteiger partial charge in [0.25, 0.3) is 5.91 Å². The van der Waals surface area contributed by atoms with Gasteiger partial charge in [0.05, 0.1) is 16.9 Å². The second-order valence-corrected chi connectivity index (χ2v) is 8.52. The predicted octanol–water partition coefficient (Wildman–Crippen LogP) is 3.53. The number of nitrogens with one attached hydrogen (secondary N) is 2. The standard InChI is InChI=1S/C23H20F3N3O4/c1-29-11-22(12-29)9-13(15-6-5-14(23(24,25)26)8-18(15)33-22)7-19(30)27-16-3-2-4-17-21(16)32-10-20(31)28-17/h2-8H,9-12H2,1H3,(H,27,30)(H,28,31). The van der Waals surface area contributed by atoms with Gasteiger partial charge in [0, 0.05) is 31.1 Å². The molecule has 3 aliphatic heterocycles. The number of anilines is 2. The summed E-state index contributed by atoms with van der Waals surface area (Å²) in [5, 5.41) is 5.42. The summed E-state index contributed by atoms with van der Waals surface area (Å²) < 4.78 is 51.2. The molecule has 3 aliphatic rings. The first-order chi connectivity index (χ1) is 15.6. The zero-order valence-electron chi connectivity index (χ0n) is 17.6. The van der Waals surface area contributed by atoms with E-state index in [4.69, 9.17) is 9.47 Å². The number of benzene rings is 2. The van der Waals surface area contributed by atoms with Crippen LogP contribution in [-0.2, 0) is 15.8 Å². The second kappa shape index (κ2) is 7.51. The Bertz CT molecular complexity index is 1190. The number of hydrogen-bond acceptors (Lipinski definition) is 5. The molecule has 0 bridgehead atoms. The molecule has 2 aromatic carbocycles. The number of rotatable bonds is 2. The molecule has 7 nitrogen and oxygen atoms in total. The minimum Gasteiger partial charge on any atom is -0.484 e. The molecule has 1 saturated heterocycles. The van der Waals surface area contributed by atoms with Crippen molar-refractivity contribution in [2.24, 2.45) is 0 Å². The molecule has 0 atom stereocenters. The minimum absolute atomic E-state index is 0.117. The first kappa shape index (κ1) is 21.3. The molecule has 1 fully saturated rings. The summed E-state index contributed by atoms with van der Waals surface area (Å²) in [7, 11) is 1.89. The zero-order chi connectivity index (χ0) is 23.4. The summed E-state index contributed by atoms with van der Waals surface area (Å²) in [6, 6.07) is 8.29. The van der Waals surface area contributed by atoms with Gasteiger partial charge in [0.15, 0.2) is 12.4 Å². The van der Waals surface area contributed by atoms with Crippen molar-refractivity contribution in [1.29, 1.82) is 0 Å². The Morgan fingerprint density at radius 1 is 1.24 bits per heavy atom. The SMILES string of the molecule is CN1CC2(CC(=CC(=O)Nc3cccc4c3OCC(=O)N4)c3ccc(C(F)(F)F)cc3O2)C1. The van der Waals surface area contributed by atoms with Crippen molar-refractivity contribution in [3.8, 4) is 11.5 Å². The molecule has 2 amide bonds. The number of likely N-dealkylation sites (tertiary alicyclic amines) is 1. The molecule has 0 radical (unpaired) electrons. The zero-order valence-corrected chi connectivity index (χ0v) is 17.6. The topological polar surface area (TPSA) is 79.9 Å².